The van der Waals surface area contributed by atoms with Gasteiger partial charge in [0, 0.05) is 13.1 Å². The van der Waals surface area contributed by atoms with Crippen LogP contribution in [-0.2, 0) is 20.0 Å². The lowest BCUT2D eigenvalue weighted by Gasteiger charge is -2.08. The highest BCUT2D eigenvalue weighted by Gasteiger charge is 2.14. The zero-order valence-corrected chi connectivity index (χ0v) is 15.7. The van der Waals surface area contributed by atoms with Crippen LogP contribution in [0.15, 0.2) is 83.6 Å². The monoisotopic (exact) mass is 392 g/mol. The predicted octanol–water partition coefficient (Wildman–Crippen LogP) is 2.28. The fourth-order valence-corrected chi connectivity index (χ4v) is 4.15. The molecule has 0 radical (unpaired) electrons. The van der Waals surface area contributed by atoms with Crippen molar-refractivity contribution in [3.63, 3.8) is 0 Å². The third kappa shape index (κ3) is 4.89. The molecule has 0 spiro atoms. The Bertz CT molecular complexity index is 895. The molecule has 0 saturated carbocycles. The summed E-state index contributed by atoms with van der Waals surface area (Å²) in [6.45, 7) is 7.25. The van der Waals surface area contributed by atoms with Crippen LogP contribution in [0.1, 0.15) is 0 Å². The van der Waals surface area contributed by atoms with E-state index >= 15 is 0 Å². The van der Waals surface area contributed by atoms with Gasteiger partial charge in [-0.05, 0) is 35.4 Å². The van der Waals surface area contributed by atoms with Gasteiger partial charge in [0.2, 0.25) is 20.0 Å². The summed E-state index contributed by atoms with van der Waals surface area (Å²) in [4.78, 5) is 0.298. The number of nitrogens with one attached hydrogen (secondary N) is 2. The topological polar surface area (TPSA) is 92.3 Å². The van der Waals surface area contributed by atoms with E-state index in [4.69, 9.17) is 0 Å². The van der Waals surface area contributed by atoms with Gasteiger partial charge in [0.25, 0.3) is 0 Å². The van der Waals surface area contributed by atoms with Crippen LogP contribution in [0.5, 0.6) is 0 Å². The van der Waals surface area contributed by atoms with Crippen LogP contribution in [0.2, 0.25) is 0 Å². The molecule has 2 rings (SSSR count). The molecule has 2 N–H and O–H groups in total. The molecule has 8 heteroatoms. The molecule has 2 aromatic rings. The van der Waals surface area contributed by atoms with E-state index in [1.807, 2.05) is 0 Å². The van der Waals surface area contributed by atoms with Crippen molar-refractivity contribution in [2.24, 2.45) is 0 Å². The first-order valence-electron chi connectivity index (χ1n) is 7.72. The van der Waals surface area contributed by atoms with Gasteiger partial charge < -0.3 is 0 Å². The Morgan fingerprint density at radius 2 is 0.962 bits per heavy atom. The summed E-state index contributed by atoms with van der Waals surface area (Å²) in [7, 11) is -7.15. The van der Waals surface area contributed by atoms with E-state index in [9.17, 15) is 16.8 Å². The Kier molecular flexibility index (Phi) is 6.49. The Morgan fingerprint density at radius 1 is 0.654 bits per heavy atom. The highest BCUT2D eigenvalue weighted by molar-refractivity contribution is 7.89. The minimum absolute atomic E-state index is 0.149. The van der Waals surface area contributed by atoms with Gasteiger partial charge in [0.1, 0.15) is 0 Å². The van der Waals surface area contributed by atoms with Crippen LogP contribution >= 0.6 is 0 Å². The molecule has 0 aliphatic rings. The molecular weight excluding hydrogens is 372 g/mol. The quantitative estimate of drug-likeness (QED) is 0.641. The van der Waals surface area contributed by atoms with E-state index in [2.05, 4.69) is 22.6 Å². The molecule has 26 heavy (non-hydrogen) atoms. The second-order valence-corrected chi connectivity index (χ2v) is 8.86. The van der Waals surface area contributed by atoms with Gasteiger partial charge in [0.15, 0.2) is 0 Å². The zero-order valence-electron chi connectivity index (χ0n) is 14.1. The summed E-state index contributed by atoms with van der Waals surface area (Å²) in [6.07, 6.45) is 2.93. The minimum atomic E-state index is -3.57. The van der Waals surface area contributed by atoms with Gasteiger partial charge in [-0.15, -0.1) is 13.2 Å². The SMILES string of the molecule is C=CCNS(=O)(=O)c1ccc(-c2ccc(S(=O)(=O)NCC=C)cc2)cc1. The summed E-state index contributed by atoms with van der Waals surface area (Å²) < 4.78 is 53.0. The van der Waals surface area contributed by atoms with Crippen LogP contribution in [-0.4, -0.2) is 29.9 Å². The second-order valence-electron chi connectivity index (χ2n) is 5.33. The van der Waals surface area contributed by atoms with E-state index in [1.165, 1.54) is 36.4 Å². The molecule has 0 unspecified atom stereocenters. The summed E-state index contributed by atoms with van der Waals surface area (Å²) in [5, 5.41) is 0. The van der Waals surface area contributed by atoms with E-state index in [0.717, 1.165) is 11.1 Å². The lowest BCUT2D eigenvalue weighted by atomic mass is 10.1. The van der Waals surface area contributed by atoms with Crippen molar-refractivity contribution in [2.45, 2.75) is 9.79 Å². The van der Waals surface area contributed by atoms with Crippen molar-refractivity contribution in [3.05, 3.63) is 73.8 Å². The molecule has 0 heterocycles. The van der Waals surface area contributed by atoms with Gasteiger partial charge in [0.05, 0.1) is 9.79 Å². The largest absolute Gasteiger partial charge is 0.240 e. The Hall–Kier alpha value is -2.26. The van der Waals surface area contributed by atoms with E-state index in [0.29, 0.717) is 0 Å². The van der Waals surface area contributed by atoms with Crippen LogP contribution in [0, 0.1) is 0 Å². The maximum atomic E-state index is 12.0. The van der Waals surface area contributed by atoms with E-state index in [1.54, 1.807) is 24.3 Å². The Balaban J connectivity index is 2.22. The van der Waals surface area contributed by atoms with Gasteiger partial charge in [-0.1, -0.05) is 36.4 Å². The van der Waals surface area contributed by atoms with Crippen molar-refractivity contribution in [1.82, 2.24) is 9.44 Å². The molecule has 0 saturated heterocycles. The Labute approximate surface area is 154 Å². The molecule has 0 aliphatic carbocycles. The smallest absolute Gasteiger partial charge is 0.207 e. The predicted molar refractivity (Wildman–Crippen MR) is 103 cm³/mol. The first-order valence-corrected chi connectivity index (χ1v) is 10.7. The van der Waals surface area contributed by atoms with Gasteiger partial charge >= 0.3 is 0 Å². The molecule has 0 aliphatic heterocycles. The van der Waals surface area contributed by atoms with E-state index in [-0.39, 0.29) is 22.9 Å². The van der Waals surface area contributed by atoms with Gasteiger partial charge in [-0.25, -0.2) is 26.3 Å². The second kappa shape index (κ2) is 8.41. The van der Waals surface area contributed by atoms with Crippen molar-refractivity contribution in [3.8, 4) is 11.1 Å². The molecule has 6 nitrogen and oxygen atoms in total. The fraction of sp³-hybridized carbons (Fsp3) is 0.111. The van der Waals surface area contributed by atoms with Crippen LogP contribution in [0.4, 0.5) is 0 Å². The standard InChI is InChI=1S/C18H20N2O4S2/c1-3-13-19-25(21,22)17-9-5-15(6-10-17)16-7-11-18(12-8-16)26(23,24)20-14-4-2/h3-12,19-20H,1-2,13-14H2. The summed E-state index contributed by atoms with van der Waals surface area (Å²) in [5.74, 6) is 0. The summed E-state index contributed by atoms with van der Waals surface area (Å²) >= 11 is 0. The number of benzene rings is 2. The molecule has 0 atom stereocenters. The van der Waals surface area contributed by atoms with Crippen molar-refractivity contribution in [1.29, 1.82) is 0 Å². The molecule has 0 bridgehead atoms. The fourth-order valence-electron chi connectivity index (χ4n) is 2.16. The van der Waals surface area contributed by atoms with Gasteiger partial charge in [-0.2, -0.15) is 0 Å². The highest BCUT2D eigenvalue weighted by atomic mass is 32.2. The number of hydrogen-bond donors (Lipinski definition) is 2. The normalized spacial score (nSPS) is 11.8. The first-order chi connectivity index (χ1) is 12.3. The minimum Gasteiger partial charge on any atom is -0.207 e. The third-order valence-electron chi connectivity index (χ3n) is 3.50. The van der Waals surface area contributed by atoms with Crippen molar-refractivity contribution >= 4 is 20.0 Å². The molecular formula is C18H20N2O4S2. The number of hydrogen-bond acceptors (Lipinski definition) is 4. The number of rotatable bonds is 9. The zero-order chi connectivity index (χ0) is 19.2. The van der Waals surface area contributed by atoms with Crippen LogP contribution < -0.4 is 9.44 Å². The summed E-state index contributed by atoms with van der Waals surface area (Å²) in [6, 6.07) is 12.7. The van der Waals surface area contributed by atoms with Gasteiger partial charge in [-0.3, -0.25) is 0 Å². The highest BCUT2D eigenvalue weighted by Crippen LogP contribution is 2.23. The third-order valence-corrected chi connectivity index (χ3v) is 6.38. The lowest BCUT2D eigenvalue weighted by Crippen LogP contribution is -2.23. The Morgan fingerprint density at radius 3 is 1.23 bits per heavy atom. The molecule has 0 amide bonds. The molecule has 138 valence electrons. The molecule has 0 aromatic heterocycles. The van der Waals surface area contributed by atoms with Crippen LogP contribution in [0.3, 0.4) is 0 Å². The van der Waals surface area contributed by atoms with Crippen molar-refractivity contribution < 1.29 is 16.8 Å². The summed E-state index contributed by atoms with van der Waals surface area (Å²) in [5.41, 5.74) is 1.55. The number of sulfonamides is 2. The van der Waals surface area contributed by atoms with E-state index < -0.39 is 20.0 Å². The molecule has 0 fully saturated rings. The lowest BCUT2D eigenvalue weighted by molar-refractivity contribution is 0.584. The molecule has 2 aromatic carbocycles. The average molecular weight is 393 g/mol. The maximum absolute atomic E-state index is 12.0. The maximum Gasteiger partial charge on any atom is 0.240 e. The first kappa shape index (κ1) is 20.1. The average Bonchev–Trinajstić information content (AvgIpc) is 2.65. The van der Waals surface area contributed by atoms with Crippen molar-refractivity contribution in [2.75, 3.05) is 13.1 Å². The van der Waals surface area contributed by atoms with Crippen LogP contribution in [0.25, 0.3) is 11.1 Å².